The standard InChI is InChI=1S/C48H43N3Si/c1-34(2)44-26-15-27-45(35(3)4)47(44)51-29-28-49-48(51)38-19-14-25-43(31-38)52(40-20-7-5-8-21-40,41-22-9-6-10-23-41)42-24-13-18-37(30-42)46-32-36-16-11-12-17-39(36)33-50-46/h5-35H,1-4H3. The number of rotatable bonds is 9. The molecule has 52 heavy (non-hydrogen) atoms. The number of nitrogens with zero attached hydrogens (tertiary/aromatic N) is 3. The summed E-state index contributed by atoms with van der Waals surface area (Å²) in [5.41, 5.74) is 7.11. The Kier molecular flexibility index (Phi) is 9.00. The highest BCUT2D eigenvalue weighted by Gasteiger charge is 2.42. The molecule has 6 aromatic carbocycles. The molecule has 2 heterocycles. The van der Waals surface area contributed by atoms with E-state index in [9.17, 15) is 0 Å². The number of fused-ring (bicyclic) bond motifs is 1. The van der Waals surface area contributed by atoms with Crippen molar-refractivity contribution in [3.8, 4) is 28.3 Å². The molecule has 0 saturated heterocycles. The average Bonchev–Trinajstić information content (AvgIpc) is 3.69. The second-order valence-electron chi connectivity index (χ2n) is 14.3. The van der Waals surface area contributed by atoms with Gasteiger partial charge in [-0.05, 0) is 55.2 Å². The summed E-state index contributed by atoms with van der Waals surface area (Å²) < 4.78 is 2.32. The number of benzene rings is 6. The Morgan fingerprint density at radius 3 is 1.62 bits per heavy atom. The van der Waals surface area contributed by atoms with E-state index in [2.05, 4.69) is 196 Å². The highest BCUT2D eigenvalue weighted by molar-refractivity contribution is 7.20. The maximum atomic E-state index is 5.05. The smallest absolute Gasteiger partial charge is 0.179 e. The number of hydrogen-bond donors (Lipinski definition) is 0. The van der Waals surface area contributed by atoms with Crippen LogP contribution in [0.3, 0.4) is 0 Å². The van der Waals surface area contributed by atoms with E-state index < -0.39 is 8.07 Å². The third-order valence-corrected chi connectivity index (χ3v) is 15.2. The van der Waals surface area contributed by atoms with Gasteiger partial charge in [0.05, 0.1) is 11.4 Å². The predicted molar refractivity (Wildman–Crippen MR) is 222 cm³/mol. The molecule has 4 heteroatoms. The van der Waals surface area contributed by atoms with Gasteiger partial charge < -0.3 is 0 Å². The monoisotopic (exact) mass is 689 g/mol. The molecular formula is C48H43N3Si. The van der Waals surface area contributed by atoms with Crippen LogP contribution in [0.5, 0.6) is 0 Å². The van der Waals surface area contributed by atoms with E-state index in [4.69, 9.17) is 9.97 Å². The number of para-hydroxylation sites is 1. The Bertz CT molecular complexity index is 2410. The van der Waals surface area contributed by atoms with Crippen molar-refractivity contribution in [2.24, 2.45) is 0 Å². The Labute approximate surface area is 308 Å². The molecule has 0 radical (unpaired) electrons. The summed E-state index contributed by atoms with van der Waals surface area (Å²) in [6.07, 6.45) is 6.07. The Hall–Kier alpha value is -5.84. The number of hydrogen-bond acceptors (Lipinski definition) is 2. The Morgan fingerprint density at radius 2 is 1.00 bits per heavy atom. The summed E-state index contributed by atoms with van der Waals surface area (Å²) >= 11 is 0. The van der Waals surface area contributed by atoms with Crippen molar-refractivity contribution in [3.05, 3.63) is 187 Å². The fourth-order valence-corrected chi connectivity index (χ4v) is 12.7. The van der Waals surface area contributed by atoms with E-state index in [-0.39, 0.29) is 0 Å². The van der Waals surface area contributed by atoms with E-state index in [0.717, 1.165) is 28.0 Å². The Balaban J connectivity index is 1.37. The van der Waals surface area contributed by atoms with Crippen LogP contribution in [0.2, 0.25) is 0 Å². The molecule has 0 bridgehead atoms. The molecule has 3 nitrogen and oxygen atoms in total. The van der Waals surface area contributed by atoms with Gasteiger partial charge in [-0.2, -0.15) is 0 Å². The lowest BCUT2D eigenvalue weighted by atomic mass is 9.92. The van der Waals surface area contributed by atoms with Gasteiger partial charge in [-0.25, -0.2) is 4.98 Å². The first-order chi connectivity index (χ1) is 25.4. The van der Waals surface area contributed by atoms with E-state index in [1.54, 1.807) is 0 Å². The zero-order valence-electron chi connectivity index (χ0n) is 30.2. The number of pyridine rings is 1. The van der Waals surface area contributed by atoms with E-state index in [0.29, 0.717) is 11.8 Å². The minimum Gasteiger partial charge on any atom is -0.299 e. The maximum absolute atomic E-state index is 5.05. The molecule has 0 N–H and O–H groups in total. The van der Waals surface area contributed by atoms with Gasteiger partial charge in [-0.3, -0.25) is 9.55 Å². The molecule has 254 valence electrons. The van der Waals surface area contributed by atoms with Crippen molar-refractivity contribution in [2.45, 2.75) is 39.5 Å². The van der Waals surface area contributed by atoms with Crippen LogP contribution >= 0.6 is 0 Å². The largest absolute Gasteiger partial charge is 0.299 e. The lowest BCUT2D eigenvalue weighted by Crippen LogP contribution is -2.74. The minimum absolute atomic E-state index is 0.371. The maximum Gasteiger partial charge on any atom is 0.179 e. The summed E-state index contributed by atoms with van der Waals surface area (Å²) in [5.74, 6) is 1.70. The molecule has 0 aliphatic rings. The van der Waals surface area contributed by atoms with Gasteiger partial charge in [0.2, 0.25) is 0 Å². The summed E-state index contributed by atoms with van der Waals surface area (Å²) in [6, 6.07) is 58.0. The fraction of sp³-hybridized carbons (Fsp3) is 0.125. The predicted octanol–water partition coefficient (Wildman–Crippen LogP) is 9.38. The van der Waals surface area contributed by atoms with E-state index in [1.165, 1.54) is 42.9 Å². The van der Waals surface area contributed by atoms with Gasteiger partial charge in [0.25, 0.3) is 0 Å². The van der Waals surface area contributed by atoms with Crippen LogP contribution in [0.25, 0.3) is 39.1 Å². The topological polar surface area (TPSA) is 30.7 Å². The van der Waals surface area contributed by atoms with Crippen molar-refractivity contribution in [2.75, 3.05) is 0 Å². The zero-order chi connectivity index (χ0) is 35.7. The molecule has 0 fully saturated rings. The summed E-state index contributed by atoms with van der Waals surface area (Å²) in [4.78, 5) is 10.0. The van der Waals surface area contributed by atoms with Crippen molar-refractivity contribution in [3.63, 3.8) is 0 Å². The van der Waals surface area contributed by atoms with Crippen molar-refractivity contribution < 1.29 is 0 Å². The number of aromatic nitrogens is 3. The van der Waals surface area contributed by atoms with Crippen LogP contribution in [0.4, 0.5) is 0 Å². The van der Waals surface area contributed by atoms with E-state index in [1.807, 2.05) is 12.4 Å². The van der Waals surface area contributed by atoms with Gasteiger partial charge in [0, 0.05) is 35.1 Å². The summed E-state index contributed by atoms with van der Waals surface area (Å²) in [5, 5.41) is 7.61. The summed E-state index contributed by atoms with van der Waals surface area (Å²) in [7, 11) is -2.88. The van der Waals surface area contributed by atoms with Gasteiger partial charge in [0.15, 0.2) is 8.07 Å². The molecule has 8 aromatic rings. The minimum atomic E-state index is -2.88. The van der Waals surface area contributed by atoms with Gasteiger partial charge >= 0.3 is 0 Å². The normalized spacial score (nSPS) is 11.8. The van der Waals surface area contributed by atoms with Gasteiger partial charge in [-0.15, -0.1) is 0 Å². The lowest BCUT2D eigenvalue weighted by molar-refractivity contribution is 0.807. The SMILES string of the molecule is CC(C)c1cccc(C(C)C)c1-n1ccnc1-c1cccc([Si](c2ccccc2)(c2ccccc2)c2cccc(-c3cc4ccccc4cn3)c2)c1. The zero-order valence-corrected chi connectivity index (χ0v) is 31.2. The van der Waals surface area contributed by atoms with Crippen molar-refractivity contribution >= 4 is 39.6 Å². The molecule has 0 spiro atoms. The lowest BCUT2D eigenvalue weighted by Gasteiger charge is -2.35. The first-order valence-corrected chi connectivity index (χ1v) is 20.3. The molecule has 0 saturated carbocycles. The van der Waals surface area contributed by atoms with Crippen LogP contribution in [0.1, 0.15) is 50.7 Å². The van der Waals surface area contributed by atoms with E-state index >= 15 is 0 Å². The van der Waals surface area contributed by atoms with Crippen LogP contribution < -0.4 is 20.7 Å². The molecule has 0 aliphatic heterocycles. The molecule has 0 atom stereocenters. The number of imidazole rings is 1. The third kappa shape index (κ3) is 5.89. The highest BCUT2D eigenvalue weighted by Crippen LogP contribution is 2.34. The first kappa shape index (κ1) is 33.3. The quantitative estimate of drug-likeness (QED) is 0.112. The van der Waals surface area contributed by atoms with Crippen LogP contribution in [-0.2, 0) is 0 Å². The van der Waals surface area contributed by atoms with Crippen LogP contribution in [0, 0.1) is 0 Å². The third-order valence-electron chi connectivity index (χ3n) is 10.4. The molecule has 8 rings (SSSR count). The Morgan fingerprint density at radius 1 is 0.481 bits per heavy atom. The van der Waals surface area contributed by atoms with Gasteiger partial charge in [-0.1, -0.05) is 179 Å². The summed E-state index contributed by atoms with van der Waals surface area (Å²) in [6.45, 7) is 9.12. The van der Waals surface area contributed by atoms with Crippen molar-refractivity contribution in [1.82, 2.24) is 14.5 Å². The molecule has 0 amide bonds. The first-order valence-electron chi connectivity index (χ1n) is 18.3. The molecule has 0 unspecified atom stereocenters. The second-order valence-corrected chi connectivity index (χ2v) is 18.1. The molecular weight excluding hydrogens is 647 g/mol. The van der Waals surface area contributed by atoms with Crippen molar-refractivity contribution in [1.29, 1.82) is 0 Å². The highest BCUT2D eigenvalue weighted by atomic mass is 28.3. The van der Waals surface area contributed by atoms with Gasteiger partial charge in [0.1, 0.15) is 5.82 Å². The molecule has 2 aromatic heterocycles. The molecule has 0 aliphatic carbocycles. The average molecular weight is 690 g/mol. The van der Waals surface area contributed by atoms with Crippen LogP contribution in [-0.4, -0.2) is 22.6 Å². The fourth-order valence-electron chi connectivity index (χ4n) is 7.91. The van der Waals surface area contributed by atoms with Crippen LogP contribution in [0.15, 0.2) is 176 Å². The second kappa shape index (κ2) is 14.1.